The van der Waals surface area contributed by atoms with Crippen LogP contribution in [-0.4, -0.2) is 35.8 Å². The standard InChI is InChI=1S/C12H19BrN4O/c1-3-14-10-9(13)11(17-8-16-10)15-7-12(18-2)5-4-6-12/h8H,3-7H2,1-2H3,(H2,14,15,16,17). The molecular formula is C12H19BrN4O. The lowest BCUT2D eigenvalue weighted by molar-refractivity contribution is -0.0601. The molecule has 0 saturated heterocycles. The molecular weight excluding hydrogens is 296 g/mol. The van der Waals surface area contributed by atoms with Crippen molar-refractivity contribution in [1.82, 2.24) is 9.97 Å². The highest BCUT2D eigenvalue weighted by Crippen LogP contribution is 2.36. The summed E-state index contributed by atoms with van der Waals surface area (Å²) in [4.78, 5) is 8.44. The van der Waals surface area contributed by atoms with Crippen LogP contribution in [0.5, 0.6) is 0 Å². The molecule has 0 aromatic carbocycles. The Labute approximate surface area is 116 Å². The molecule has 1 saturated carbocycles. The van der Waals surface area contributed by atoms with Crippen molar-refractivity contribution >= 4 is 27.6 Å². The molecule has 0 atom stereocenters. The maximum atomic E-state index is 5.58. The summed E-state index contributed by atoms with van der Waals surface area (Å²) in [5, 5.41) is 6.53. The second-order valence-corrected chi connectivity index (χ2v) is 5.30. The topological polar surface area (TPSA) is 59.1 Å². The van der Waals surface area contributed by atoms with Crippen LogP contribution in [0.2, 0.25) is 0 Å². The minimum Gasteiger partial charge on any atom is -0.376 e. The first-order valence-electron chi connectivity index (χ1n) is 6.24. The van der Waals surface area contributed by atoms with Gasteiger partial charge in [-0.1, -0.05) is 0 Å². The Kier molecular flexibility index (Phi) is 4.40. The number of rotatable bonds is 6. The van der Waals surface area contributed by atoms with Gasteiger partial charge in [0.05, 0.1) is 5.60 Å². The average molecular weight is 315 g/mol. The van der Waals surface area contributed by atoms with Gasteiger partial charge in [0.25, 0.3) is 0 Å². The van der Waals surface area contributed by atoms with Crippen LogP contribution in [0.4, 0.5) is 11.6 Å². The number of hydrogen-bond acceptors (Lipinski definition) is 5. The van der Waals surface area contributed by atoms with Crippen molar-refractivity contribution in [3.63, 3.8) is 0 Å². The van der Waals surface area contributed by atoms with Crippen molar-refractivity contribution in [2.75, 3.05) is 30.8 Å². The van der Waals surface area contributed by atoms with E-state index in [1.807, 2.05) is 6.92 Å². The monoisotopic (exact) mass is 314 g/mol. The van der Waals surface area contributed by atoms with Gasteiger partial charge in [-0.25, -0.2) is 9.97 Å². The molecule has 1 aliphatic rings. The molecule has 5 nitrogen and oxygen atoms in total. The Balaban J connectivity index is 2.02. The van der Waals surface area contributed by atoms with E-state index < -0.39 is 0 Å². The number of nitrogens with one attached hydrogen (secondary N) is 2. The third-order valence-electron chi connectivity index (χ3n) is 3.41. The second kappa shape index (κ2) is 5.84. The summed E-state index contributed by atoms with van der Waals surface area (Å²) in [6.07, 6.45) is 5.02. The Morgan fingerprint density at radius 2 is 2.00 bits per heavy atom. The van der Waals surface area contributed by atoms with Crippen LogP contribution in [0, 0.1) is 0 Å². The lowest BCUT2D eigenvalue weighted by Crippen LogP contribution is -2.45. The lowest BCUT2D eigenvalue weighted by Gasteiger charge is -2.40. The fourth-order valence-electron chi connectivity index (χ4n) is 2.05. The van der Waals surface area contributed by atoms with E-state index in [0.29, 0.717) is 0 Å². The molecule has 2 rings (SSSR count). The molecule has 1 aromatic heterocycles. The van der Waals surface area contributed by atoms with Crippen molar-refractivity contribution in [3.8, 4) is 0 Å². The number of ether oxygens (including phenoxy) is 1. The summed E-state index contributed by atoms with van der Waals surface area (Å²) in [5.41, 5.74) is -0.0112. The first-order chi connectivity index (χ1) is 8.71. The van der Waals surface area contributed by atoms with Crippen molar-refractivity contribution in [2.45, 2.75) is 31.8 Å². The van der Waals surface area contributed by atoms with Crippen molar-refractivity contribution < 1.29 is 4.74 Å². The minimum atomic E-state index is -0.0112. The summed E-state index contributed by atoms with van der Waals surface area (Å²) < 4.78 is 6.45. The van der Waals surface area contributed by atoms with Crippen molar-refractivity contribution in [2.24, 2.45) is 0 Å². The lowest BCUT2D eigenvalue weighted by atomic mass is 9.80. The zero-order valence-electron chi connectivity index (χ0n) is 10.8. The summed E-state index contributed by atoms with van der Waals surface area (Å²) >= 11 is 3.52. The van der Waals surface area contributed by atoms with E-state index in [4.69, 9.17) is 4.74 Å². The number of anilines is 2. The highest BCUT2D eigenvalue weighted by atomic mass is 79.9. The highest BCUT2D eigenvalue weighted by Gasteiger charge is 2.36. The van der Waals surface area contributed by atoms with Gasteiger partial charge >= 0.3 is 0 Å². The maximum Gasteiger partial charge on any atom is 0.146 e. The highest BCUT2D eigenvalue weighted by molar-refractivity contribution is 9.10. The van der Waals surface area contributed by atoms with Gasteiger partial charge in [0, 0.05) is 20.2 Å². The summed E-state index contributed by atoms with van der Waals surface area (Å²) in [5.74, 6) is 1.62. The average Bonchev–Trinajstić information content (AvgIpc) is 2.33. The molecule has 0 unspecified atom stereocenters. The van der Waals surface area contributed by atoms with E-state index in [1.54, 1.807) is 13.4 Å². The van der Waals surface area contributed by atoms with Crippen LogP contribution in [0.25, 0.3) is 0 Å². The summed E-state index contributed by atoms with van der Waals surface area (Å²) in [6, 6.07) is 0. The molecule has 0 radical (unpaired) electrons. The quantitative estimate of drug-likeness (QED) is 0.845. The normalized spacial score (nSPS) is 17.1. The molecule has 1 fully saturated rings. The van der Waals surface area contributed by atoms with Crippen LogP contribution in [0.3, 0.4) is 0 Å². The smallest absolute Gasteiger partial charge is 0.146 e. The number of nitrogens with zero attached hydrogens (tertiary/aromatic N) is 2. The Hall–Kier alpha value is -0.880. The Morgan fingerprint density at radius 1 is 1.33 bits per heavy atom. The van der Waals surface area contributed by atoms with Gasteiger partial charge in [0.1, 0.15) is 22.4 Å². The van der Waals surface area contributed by atoms with Crippen LogP contribution in [0.15, 0.2) is 10.8 Å². The van der Waals surface area contributed by atoms with E-state index >= 15 is 0 Å². The second-order valence-electron chi connectivity index (χ2n) is 4.51. The predicted octanol–water partition coefficient (Wildman–Crippen LogP) is 2.65. The number of halogens is 1. The molecule has 2 N–H and O–H groups in total. The van der Waals surface area contributed by atoms with Gasteiger partial charge in [0.2, 0.25) is 0 Å². The zero-order valence-corrected chi connectivity index (χ0v) is 12.4. The molecule has 0 bridgehead atoms. The Morgan fingerprint density at radius 3 is 2.50 bits per heavy atom. The van der Waals surface area contributed by atoms with Crippen LogP contribution in [0.1, 0.15) is 26.2 Å². The zero-order chi connectivity index (χ0) is 13.0. The first kappa shape index (κ1) is 13.5. The van der Waals surface area contributed by atoms with Crippen molar-refractivity contribution in [1.29, 1.82) is 0 Å². The molecule has 1 aliphatic carbocycles. The van der Waals surface area contributed by atoms with Crippen molar-refractivity contribution in [3.05, 3.63) is 10.8 Å². The fourth-order valence-corrected chi connectivity index (χ4v) is 2.54. The van der Waals surface area contributed by atoms with E-state index in [0.717, 1.165) is 42.0 Å². The molecule has 0 spiro atoms. The summed E-state index contributed by atoms with van der Waals surface area (Å²) in [7, 11) is 1.78. The van der Waals surface area contributed by atoms with E-state index in [9.17, 15) is 0 Å². The molecule has 6 heteroatoms. The van der Waals surface area contributed by atoms with Crippen LogP contribution in [-0.2, 0) is 4.74 Å². The fraction of sp³-hybridized carbons (Fsp3) is 0.667. The number of hydrogen-bond donors (Lipinski definition) is 2. The van der Waals surface area contributed by atoms with Crippen LogP contribution >= 0.6 is 15.9 Å². The van der Waals surface area contributed by atoms with Gasteiger partial charge in [-0.15, -0.1) is 0 Å². The third-order valence-corrected chi connectivity index (χ3v) is 4.16. The molecule has 1 heterocycles. The maximum absolute atomic E-state index is 5.58. The summed E-state index contributed by atoms with van der Waals surface area (Å²) in [6.45, 7) is 3.65. The van der Waals surface area contributed by atoms with Gasteiger partial charge < -0.3 is 15.4 Å². The van der Waals surface area contributed by atoms with Crippen LogP contribution < -0.4 is 10.6 Å². The first-order valence-corrected chi connectivity index (χ1v) is 7.03. The number of aromatic nitrogens is 2. The van der Waals surface area contributed by atoms with E-state index in [1.165, 1.54) is 6.42 Å². The largest absolute Gasteiger partial charge is 0.376 e. The third kappa shape index (κ3) is 2.75. The van der Waals surface area contributed by atoms with E-state index in [-0.39, 0.29) is 5.60 Å². The minimum absolute atomic E-state index is 0.0112. The van der Waals surface area contributed by atoms with E-state index in [2.05, 4.69) is 36.5 Å². The molecule has 100 valence electrons. The van der Waals surface area contributed by atoms with Gasteiger partial charge in [-0.2, -0.15) is 0 Å². The molecule has 18 heavy (non-hydrogen) atoms. The van der Waals surface area contributed by atoms with Gasteiger partial charge in [-0.3, -0.25) is 0 Å². The predicted molar refractivity (Wildman–Crippen MR) is 76.0 cm³/mol. The molecule has 0 amide bonds. The van der Waals surface area contributed by atoms with Gasteiger partial charge in [0.15, 0.2) is 0 Å². The van der Waals surface area contributed by atoms with Gasteiger partial charge in [-0.05, 0) is 42.1 Å². The molecule has 0 aliphatic heterocycles. The SMILES string of the molecule is CCNc1ncnc(NCC2(OC)CCC2)c1Br. The Bertz CT molecular complexity index is 404. The molecule has 1 aromatic rings. The number of methoxy groups -OCH3 is 1.